The lowest BCUT2D eigenvalue weighted by molar-refractivity contribution is -0.143. The van der Waals surface area contributed by atoms with Crippen molar-refractivity contribution in [3.8, 4) is 0 Å². The third kappa shape index (κ3) is 6.85. The molecule has 0 bridgehead atoms. The van der Waals surface area contributed by atoms with Crippen molar-refractivity contribution in [3.05, 3.63) is 0 Å². The molecule has 3 N–H and O–H groups in total. The van der Waals surface area contributed by atoms with E-state index in [0.29, 0.717) is 6.42 Å². The number of amides is 3. The lowest BCUT2D eigenvalue weighted by Gasteiger charge is -2.17. The number of urea groups is 1. The molecule has 1 unspecified atom stereocenters. The summed E-state index contributed by atoms with van der Waals surface area (Å²) in [6.07, 6.45) is 0.555. The maximum Gasteiger partial charge on any atom is 0.322 e. The molecule has 0 rings (SSSR count). The zero-order valence-corrected chi connectivity index (χ0v) is 11.2. The molecule has 0 aliphatic heterocycles. The molecule has 1 atom stereocenters. The number of esters is 1. The third-order valence-corrected chi connectivity index (χ3v) is 2.18. The molecule has 0 aromatic carbocycles. The van der Waals surface area contributed by atoms with Crippen LogP contribution in [0.2, 0.25) is 0 Å². The van der Waals surface area contributed by atoms with Crippen LogP contribution in [0.1, 0.15) is 20.3 Å². The van der Waals surface area contributed by atoms with E-state index in [-0.39, 0.29) is 12.5 Å². The number of hydrogen-bond donors (Lipinski definition) is 3. The minimum atomic E-state index is -0.583. The fourth-order valence-corrected chi connectivity index (χ4v) is 1.33. The molecule has 0 aromatic rings. The van der Waals surface area contributed by atoms with Crippen LogP contribution in [0.3, 0.4) is 0 Å². The van der Waals surface area contributed by atoms with E-state index >= 15 is 0 Å². The molecule has 0 aliphatic rings. The zero-order valence-electron chi connectivity index (χ0n) is 11.2. The van der Waals surface area contributed by atoms with Gasteiger partial charge in [0.05, 0.1) is 13.7 Å². The van der Waals surface area contributed by atoms with Crippen LogP contribution in [0.15, 0.2) is 0 Å². The number of ether oxygens (including phenoxy) is 1. The van der Waals surface area contributed by atoms with Gasteiger partial charge in [-0.15, -0.1) is 0 Å². The standard InChI is InChI=1S/C11H21N3O4/c1-7(2)5-8(10(16)18-4)13-6-9(15)14-11(17)12-3/h7-8,13H,5-6H2,1-4H3,(H2,12,14,15,17). The molecule has 0 heterocycles. The van der Waals surface area contributed by atoms with Crippen molar-refractivity contribution in [1.82, 2.24) is 16.0 Å². The van der Waals surface area contributed by atoms with E-state index < -0.39 is 23.9 Å². The Hall–Kier alpha value is -1.63. The number of methoxy groups -OCH3 is 1. The molecule has 104 valence electrons. The van der Waals surface area contributed by atoms with Crippen LogP contribution in [-0.4, -0.2) is 44.7 Å². The number of carbonyl (C=O) groups excluding carboxylic acids is 3. The van der Waals surface area contributed by atoms with E-state index in [2.05, 4.69) is 20.7 Å². The average Bonchev–Trinajstić information content (AvgIpc) is 2.32. The first-order valence-electron chi connectivity index (χ1n) is 5.73. The molecule has 3 amide bonds. The first kappa shape index (κ1) is 16.4. The number of rotatable bonds is 6. The summed E-state index contributed by atoms with van der Waals surface area (Å²) in [4.78, 5) is 33.6. The number of imide groups is 1. The van der Waals surface area contributed by atoms with Gasteiger partial charge in [-0.2, -0.15) is 0 Å². The second-order valence-corrected chi connectivity index (χ2v) is 4.21. The van der Waals surface area contributed by atoms with Crippen molar-refractivity contribution in [2.45, 2.75) is 26.3 Å². The summed E-state index contributed by atoms with van der Waals surface area (Å²) in [5, 5.41) is 7.12. The van der Waals surface area contributed by atoms with Gasteiger partial charge in [0.2, 0.25) is 5.91 Å². The summed E-state index contributed by atoms with van der Waals surface area (Å²) < 4.78 is 4.64. The van der Waals surface area contributed by atoms with Gasteiger partial charge in [0.25, 0.3) is 0 Å². The maximum absolute atomic E-state index is 11.4. The van der Waals surface area contributed by atoms with E-state index in [9.17, 15) is 14.4 Å². The Bertz CT molecular complexity index is 305. The SMILES string of the molecule is CNC(=O)NC(=O)CNC(CC(C)C)C(=O)OC. The van der Waals surface area contributed by atoms with Crippen LogP contribution in [-0.2, 0) is 14.3 Å². The van der Waals surface area contributed by atoms with E-state index in [0.717, 1.165) is 0 Å². The Kier molecular flexibility index (Phi) is 7.69. The number of carbonyl (C=O) groups is 3. The van der Waals surface area contributed by atoms with Gasteiger partial charge in [-0.05, 0) is 12.3 Å². The monoisotopic (exact) mass is 259 g/mol. The first-order chi connectivity index (χ1) is 8.40. The van der Waals surface area contributed by atoms with Crippen LogP contribution in [0.4, 0.5) is 4.79 Å². The van der Waals surface area contributed by atoms with Crippen molar-refractivity contribution in [3.63, 3.8) is 0 Å². The van der Waals surface area contributed by atoms with Gasteiger partial charge in [0, 0.05) is 7.05 Å². The zero-order chi connectivity index (χ0) is 14.1. The minimum Gasteiger partial charge on any atom is -0.468 e. The van der Waals surface area contributed by atoms with Crippen molar-refractivity contribution in [1.29, 1.82) is 0 Å². The van der Waals surface area contributed by atoms with Crippen molar-refractivity contribution in [2.24, 2.45) is 5.92 Å². The van der Waals surface area contributed by atoms with Gasteiger partial charge in [-0.1, -0.05) is 13.8 Å². The molecule has 7 heteroatoms. The second kappa shape index (κ2) is 8.46. The fourth-order valence-electron chi connectivity index (χ4n) is 1.33. The van der Waals surface area contributed by atoms with Crippen LogP contribution in [0, 0.1) is 5.92 Å². The van der Waals surface area contributed by atoms with Crippen molar-refractivity contribution in [2.75, 3.05) is 20.7 Å². The molecule has 0 radical (unpaired) electrons. The highest BCUT2D eigenvalue weighted by atomic mass is 16.5. The van der Waals surface area contributed by atoms with Gasteiger partial charge >= 0.3 is 12.0 Å². The van der Waals surface area contributed by atoms with Gasteiger partial charge in [-0.25, -0.2) is 4.79 Å². The van der Waals surface area contributed by atoms with Crippen molar-refractivity contribution < 1.29 is 19.1 Å². The summed E-state index contributed by atoms with van der Waals surface area (Å²) in [5.74, 6) is -0.646. The molecule has 0 fully saturated rings. The van der Waals surface area contributed by atoms with E-state index in [1.54, 1.807) is 0 Å². The topological polar surface area (TPSA) is 96.5 Å². The van der Waals surface area contributed by atoms with E-state index in [1.807, 2.05) is 13.8 Å². The minimum absolute atomic E-state index is 0.125. The second-order valence-electron chi connectivity index (χ2n) is 4.21. The smallest absolute Gasteiger partial charge is 0.322 e. The molecule has 0 aromatic heterocycles. The van der Waals surface area contributed by atoms with Crippen molar-refractivity contribution >= 4 is 17.9 Å². The fraction of sp³-hybridized carbons (Fsp3) is 0.727. The summed E-state index contributed by atoms with van der Waals surface area (Å²) in [7, 11) is 2.70. The molecular formula is C11H21N3O4. The van der Waals surface area contributed by atoms with Crippen LogP contribution < -0.4 is 16.0 Å². The summed E-state index contributed by atoms with van der Waals surface area (Å²) >= 11 is 0. The summed E-state index contributed by atoms with van der Waals surface area (Å²) in [6.45, 7) is 3.80. The summed E-state index contributed by atoms with van der Waals surface area (Å²) in [6, 6.07) is -1.13. The highest BCUT2D eigenvalue weighted by molar-refractivity contribution is 5.95. The van der Waals surface area contributed by atoms with Crippen LogP contribution >= 0.6 is 0 Å². The molecule has 18 heavy (non-hydrogen) atoms. The predicted molar refractivity (Wildman–Crippen MR) is 65.9 cm³/mol. The number of hydrogen-bond acceptors (Lipinski definition) is 5. The Labute approximate surface area is 107 Å². The van der Waals surface area contributed by atoms with Gasteiger partial charge in [-0.3, -0.25) is 20.2 Å². The largest absolute Gasteiger partial charge is 0.468 e. The Balaban J connectivity index is 4.21. The highest BCUT2D eigenvalue weighted by Gasteiger charge is 2.21. The normalized spacial score (nSPS) is 11.8. The predicted octanol–water partition coefficient (Wildman–Crippen LogP) is -0.381. The van der Waals surface area contributed by atoms with E-state index in [4.69, 9.17) is 0 Å². The Morgan fingerprint density at radius 3 is 2.28 bits per heavy atom. The van der Waals surface area contributed by atoms with Gasteiger partial charge < -0.3 is 10.1 Å². The molecule has 0 saturated heterocycles. The highest BCUT2D eigenvalue weighted by Crippen LogP contribution is 2.05. The molecule has 7 nitrogen and oxygen atoms in total. The van der Waals surface area contributed by atoms with Gasteiger partial charge in [0.15, 0.2) is 0 Å². The van der Waals surface area contributed by atoms with Gasteiger partial charge in [0.1, 0.15) is 6.04 Å². The third-order valence-electron chi connectivity index (χ3n) is 2.18. The Morgan fingerprint density at radius 2 is 1.83 bits per heavy atom. The number of nitrogens with one attached hydrogen (secondary N) is 3. The quantitative estimate of drug-likeness (QED) is 0.565. The lowest BCUT2D eigenvalue weighted by Crippen LogP contribution is -2.47. The lowest BCUT2D eigenvalue weighted by atomic mass is 10.0. The average molecular weight is 259 g/mol. The molecular weight excluding hydrogens is 238 g/mol. The van der Waals surface area contributed by atoms with Crippen LogP contribution in [0.5, 0.6) is 0 Å². The summed E-state index contributed by atoms with van der Waals surface area (Å²) in [5.41, 5.74) is 0. The van der Waals surface area contributed by atoms with Crippen LogP contribution in [0.25, 0.3) is 0 Å². The maximum atomic E-state index is 11.4. The first-order valence-corrected chi connectivity index (χ1v) is 5.73. The molecule has 0 saturated carbocycles. The molecule has 0 aliphatic carbocycles. The molecule has 0 spiro atoms. The Morgan fingerprint density at radius 1 is 1.22 bits per heavy atom. The van der Waals surface area contributed by atoms with E-state index in [1.165, 1.54) is 14.2 Å².